The minimum absolute atomic E-state index is 0.150. The summed E-state index contributed by atoms with van der Waals surface area (Å²) in [5.74, 6) is 0.406. The van der Waals surface area contributed by atoms with E-state index >= 15 is 0 Å². The lowest BCUT2D eigenvalue weighted by molar-refractivity contribution is -0.139. The maximum absolute atomic E-state index is 12.9. The van der Waals surface area contributed by atoms with Crippen molar-refractivity contribution in [2.75, 3.05) is 19.7 Å². The highest BCUT2D eigenvalue weighted by molar-refractivity contribution is 6.35. The van der Waals surface area contributed by atoms with E-state index in [0.29, 0.717) is 17.9 Å². The molecule has 0 spiro atoms. The van der Waals surface area contributed by atoms with E-state index < -0.39 is 0 Å². The highest BCUT2D eigenvalue weighted by atomic mass is 16.5. The lowest BCUT2D eigenvalue weighted by atomic mass is 10.0. The van der Waals surface area contributed by atoms with Crippen LogP contribution in [0.2, 0.25) is 0 Å². The van der Waals surface area contributed by atoms with Gasteiger partial charge in [-0.05, 0) is 51.3 Å². The number of benzene rings is 1. The van der Waals surface area contributed by atoms with Crippen LogP contribution in [0.15, 0.2) is 30.0 Å². The van der Waals surface area contributed by atoms with Crippen molar-refractivity contribution in [2.45, 2.75) is 39.7 Å². The Kier molecular flexibility index (Phi) is 4.60. The van der Waals surface area contributed by atoms with E-state index in [9.17, 15) is 9.59 Å². The number of hydrogen-bond acceptors (Lipinski definition) is 4. The molecular weight excluding hydrogens is 304 g/mol. The molecule has 128 valence electrons. The number of imide groups is 1. The van der Waals surface area contributed by atoms with Crippen LogP contribution in [-0.2, 0) is 9.59 Å². The van der Waals surface area contributed by atoms with Crippen molar-refractivity contribution in [3.63, 3.8) is 0 Å². The average Bonchev–Trinajstić information content (AvgIpc) is 3.14. The third-order valence-corrected chi connectivity index (χ3v) is 4.48. The zero-order valence-corrected chi connectivity index (χ0v) is 14.5. The minimum Gasteiger partial charge on any atom is -0.494 e. The molecule has 1 aromatic rings. The first-order chi connectivity index (χ1) is 11.5. The standard InChI is InChI=1S/C19H24N2O3/c1-4-24-15-9-7-14(8-10-15)16-17(20-11-5-6-12-20)19(23)21(13(2)3)18(16)22/h7-10,13H,4-6,11-12H2,1-3H3. The molecular formula is C19H24N2O3. The van der Waals surface area contributed by atoms with Gasteiger partial charge in [0.15, 0.2) is 0 Å². The van der Waals surface area contributed by atoms with Crippen molar-refractivity contribution >= 4 is 17.4 Å². The first-order valence-corrected chi connectivity index (χ1v) is 8.65. The quantitative estimate of drug-likeness (QED) is 0.780. The highest BCUT2D eigenvalue weighted by Gasteiger charge is 2.43. The summed E-state index contributed by atoms with van der Waals surface area (Å²) in [5, 5.41) is 0. The molecule has 0 N–H and O–H groups in total. The molecule has 24 heavy (non-hydrogen) atoms. The van der Waals surface area contributed by atoms with Crippen LogP contribution in [0.4, 0.5) is 0 Å². The van der Waals surface area contributed by atoms with E-state index in [4.69, 9.17) is 4.74 Å². The molecule has 2 aliphatic heterocycles. The smallest absolute Gasteiger partial charge is 0.278 e. The predicted octanol–water partition coefficient (Wildman–Crippen LogP) is 2.67. The molecule has 0 aliphatic carbocycles. The number of likely N-dealkylation sites (tertiary alicyclic amines) is 1. The number of rotatable bonds is 5. The third kappa shape index (κ3) is 2.79. The fourth-order valence-electron chi connectivity index (χ4n) is 3.38. The van der Waals surface area contributed by atoms with Crippen LogP contribution in [-0.4, -0.2) is 47.4 Å². The average molecular weight is 328 g/mol. The Labute approximate surface area is 142 Å². The largest absolute Gasteiger partial charge is 0.494 e. The van der Waals surface area contributed by atoms with E-state index in [0.717, 1.165) is 37.2 Å². The first kappa shape index (κ1) is 16.6. The maximum Gasteiger partial charge on any atom is 0.278 e. The molecule has 1 saturated heterocycles. The molecule has 0 unspecified atom stereocenters. The van der Waals surface area contributed by atoms with E-state index in [1.807, 2.05) is 45.0 Å². The van der Waals surface area contributed by atoms with Crippen LogP contribution >= 0.6 is 0 Å². The number of carbonyl (C=O) groups excluding carboxylic acids is 2. The van der Waals surface area contributed by atoms with Crippen molar-refractivity contribution in [1.82, 2.24) is 9.80 Å². The minimum atomic E-state index is -0.193. The topological polar surface area (TPSA) is 49.9 Å². The second-order valence-corrected chi connectivity index (χ2v) is 6.45. The third-order valence-electron chi connectivity index (χ3n) is 4.48. The summed E-state index contributed by atoms with van der Waals surface area (Å²) >= 11 is 0. The second-order valence-electron chi connectivity index (χ2n) is 6.45. The number of amides is 2. The summed E-state index contributed by atoms with van der Waals surface area (Å²) in [7, 11) is 0. The number of nitrogens with zero attached hydrogens (tertiary/aromatic N) is 2. The monoisotopic (exact) mass is 328 g/mol. The van der Waals surface area contributed by atoms with Gasteiger partial charge in [0, 0.05) is 19.1 Å². The first-order valence-electron chi connectivity index (χ1n) is 8.65. The van der Waals surface area contributed by atoms with Gasteiger partial charge in [0.2, 0.25) is 0 Å². The normalized spacial score (nSPS) is 18.3. The van der Waals surface area contributed by atoms with Gasteiger partial charge in [-0.3, -0.25) is 14.5 Å². The molecule has 0 bridgehead atoms. The Morgan fingerprint density at radius 3 is 2.21 bits per heavy atom. The van der Waals surface area contributed by atoms with E-state index in [1.54, 1.807) is 0 Å². The van der Waals surface area contributed by atoms with Gasteiger partial charge in [-0.25, -0.2) is 0 Å². The molecule has 1 aromatic carbocycles. The summed E-state index contributed by atoms with van der Waals surface area (Å²) < 4.78 is 5.47. The summed E-state index contributed by atoms with van der Waals surface area (Å²) in [5.41, 5.74) is 1.87. The van der Waals surface area contributed by atoms with Gasteiger partial charge in [0.1, 0.15) is 11.4 Å². The Morgan fingerprint density at radius 1 is 1.04 bits per heavy atom. The van der Waals surface area contributed by atoms with Crippen molar-refractivity contribution < 1.29 is 14.3 Å². The molecule has 5 heteroatoms. The van der Waals surface area contributed by atoms with Crippen LogP contribution in [0, 0.1) is 0 Å². The second kappa shape index (κ2) is 6.67. The SMILES string of the molecule is CCOc1ccc(C2=C(N3CCCC3)C(=O)N(C(C)C)C2=O)cc1. The van der Waals surface area contributed by atoms with Gasteiger partial charge in [-0.2, -0.15) is 0 Å². The van der Waals surface area contributed by atoms with E-state index in [-0.39, 0.29) is 17.9 Å². The van der Waals surface area contributed by atoms with Crippen molar-refractivity contribution in [2.24, 2.45) is 0 Å². The molecule has 0 saturated carbocycles. The molecule has 0 atom stereocenters. The summed E-state index contributed by atoms with van der Waals surface area (Å²) in [4.78, 5) is 29.2. The van der Waals surface area contributed by atoms with Crippen molar-refractivity contribution in [3.05, 3.63) is 35.5 Å². The predicted molar refractivity (Wildman–Crippen MR) is 92.3 cm³/mol. The maximum atomic E-state index is 12.9. The summed E-state index contributed by atoms with van der Waals surface area (Å²) in [6.07, 6.45) is 2.12. The molecule has 5 nitrogen and oxygen atoms in total. The zero-order chi connectivity index (χ0) is 17.3. The van der Waals surface area contributed by atoms with Crippen LogP contribution in [0.3, 0.4) is 0 Å². The zero-order valence-electron chi connectivity index (χ0n) is 14.5. The molecule has 1 fully saturated rings. The van der Waals surface area contributed by atoms with Crippen LogP contribution in [0.25, 0.3) is 5.57 Å². The summed E-state index contributed by atoms with van der Waals surface area (Å²) in [6.45, 7) is 7.94. The highest BCUT2D eigenvalue weighted by Crippen LogP contribution is 2.34. The number of carbonyl (C=O) groups is 2. The Balaban J connectivity index is 2.04. The van der Waals surface area contributed by atoms with Gasteiger partial charge in [-0.1, -0.05) is 12.1 Å². The van der Waals surface area contributed by atoms with Gasteiger partial charge >= 0.3 is 0 Å². The lowest BCUT2D eigenvalue weighted by Crippen LogP contribution is -2.39. The lowest BCUT2D eigenvalue weighted by Gasteiger charge is -2.22. The van der Waals surface area contributed by atoms with E-state index in [2.05, 4.69) is 4.90 Å². The molecule has 2 amide bonds. The Hall–Kier alpha value is -2.30. The number of ether oxygens (including phenoxy) is 1. The van der Waals surface area contributed by atoms with Crippen molar-refractivity contribution in [3.8, 4) is 5.75 Å². The van der Waals surface area contributed by atoms with Gasteiger partial charge in [0.25, 0.3) is 11.8 Å². The molecule has 3 rings (SSSR count). The summed E-state index contributed by atoms with van der Waals surface area (Å²) in [6, 6.07) is 7.28. The fourth-order valence-corrected chi connectivity index (χ4v) is 3.38. The van der Waals surface area contributed by atoms with E-state index in [1.165, 1.54) is 4.90 Å². The Morgan fingerprint density at radius 2 is 1.67 bits per heavy atom. The van der Waals surface area contributed by atoms with Gasteiger partial charge < -0.3 is 9.64 Å². The van der Waals surface area contributed by atoms with Gasteiger partial charge in [-0.15, -0.1) is 0 Å². The van der Waals surface area contributed by atoms with Crippen LogP contribution in [0.1, 0.15) is 39.2 Å². The molecule has 0 radical (unpaired) electrons. The number of hydrogen-bond donors (Lipinski definition) is 0. The Bertz CT molecular complexity index is 670. The van der Waals surface area contributed by atoms with Crippen LogP contribution < -0.4 is 4.74 Å². The fraction of sp³-hybridized carbons (Fsp3) is 0.474. The molecule has 2 heterocycles. The molecule has 0 aromatic heterocycles. The molecule has 2 aliphatic rings. The van der Waals surface area contributed by atoms with Crippen molar-refractivity contribution in [1.29, 1.82) is 0 Å². The van der Waals surface area contributed by atoms with Gasteiger partial charge in [0.05, 0.1) is 12.2 Å². The van der Waals surface area contributed by atoms with Crippen LogP contribution in [0.5, 0.6) is 5.75 Å².